The van der Waals surface area contributed by atoms with E-state index in [1.165, 1.54) is 5.56 Å². The van der Waals surface area contributed by atoms with Crippen LogP contribution in [0.1, 0.15) is 18.9 Å². The number of likely N-dealkylation sites (N-methyl/N-ethyl adjacent to an activating group) is 1. The van der Waals surface area contributed by atoms with E-state index in [-0.39, 0.29) is 24.4 Å². The Morgan fingerprint density at radius 1 is 1.29 bits per heavy atom. The number of nitrogens with zero attached hydrogens (tertiary/aromatic N) is 3. The van der Waals surface area contributed by atoms with Gasteiger partial charge in [-0.2, -0.15) is 0 Å². The van der Waals surface area contributed by atoms with Crippen molar-refractivity contribution in [2.75, 3.05) is 26.3 Å². The molecule has 5 heteroatoms. The first-order chi connectivity index (χ1) is 10.2. The van der Waals surface area contributed by atoms with Crippen LogP contribution in [0.4, 0.5) is 0 Å². The zero-order chi connectivity index (χ0) is 14.8. The van der Waals surface area contributed by atoms with Crippen LogP contribution < -0.4 is 0 Å². The molecule has 2 aliphatic rings. The third-order valence-corrected chi connectivity index (χ3v) is 4.36. The average molecular weight is 287 g/mol. The number of benzene rings is 1. The van der Waals surface area contributed by atoms with Crippen molar-refractivity contribution in [3.63, 3.8) is 0 Å². The van der Waals surface area contributed by atoms with Gasteiger partial charge in [0.15, 0.2) is 0 Å². The molecule has 1 aromatic rings. The summed E-state index contributed by atoms with van der Waals surface area (Å²) in [6, 6.07) is 10.1. The summed E-state index contributed by atoms with van der Waals surface area (Å²) >= 11 is 0. The lowest BCUT2D eigenvalue weighted by Crippen LogP contribution is -2.56. The molecule has 2 amide bonds. The van der Waals surface area contributed by atoms with Gasteiger partial charge in [0.05, 0.1) is 12.7 Å². The Kier molecular flexibility index (Phi) is 3.92. The van der Waals surface area contributed by atoms with Crippen LogP contribution in [0.25, 0.3) is 0 Å². The molecule has 0 N–H and O–H groups in total. The SMILES string of the molecule is CCN1CN(C(=O)C2CCN2Cc2ccccc2)CC1=O. The van der Waals surface area contributed by atoms with Gasteiger partial charge in [-0.3, -0.25) is 14.5 Å². The first kappa shape index (κ1) is 14.1. The molecule has 0 radical (unpaired) electrons. The molecular formula is C16H21N3O2. The lowest BCUT2D eigenvalue weighted by Gasteiger charge is -2.41. The number of carbonyl (C=O) groups excluding carboxylic acids is 2. The molecule has 2 fully saturated rings. The van der Waals surface area contributed by atoms with Crippen LogP contribution in [-0.4, -0.2) is 58.9 Å². The molecule has 0 bridgehead atoms. The summed E-state index contributed by atoms with van der Waals surface area (Å²) in [7, 11) is 0. The van der Waals surface area contributed by atoms with Gasteiger partial charge >= 0.3 is 0 Å². The van der Waals surface area contributed by atoms with Crippen molar-refractivity contribution < 1.29 is 9.59 Å². The fourth-order valence-electron chi connectivity index (χ4n) is 2.96. The lowest BCUT2D eigenvalue weighted by molar-refractivity contribution is -0.142. The number of carbonyl (C=O) groups is 2. The van der Waals surface area contributed by atoms with Crippen molar-refractivity contribution in [1.29, 1.82) is 0 Å². The summed E-state index contributed by atoms with van der Waals surface area (Å²) in [5.74, 6) is 0.154. The van der Waals surface area contributed by atoms with Gasteiger partial charge in [0.2, 0.25) is 11.8 Å². The Bertz CT molecular complexity index is 532. The molecule has 1 atom stereocenters. The number of hydrogen-bond acceptors (Lipinski definition) is 3. The van der Waals surface area contributed by atoms with E-state index in [0.29, 0.717) is 13.2 Å². The van der Waals surface area contributed by atoms with Gasteiger partial charge in [-0.25, -0.2) is 0 Å². The van der Waals surface area contributed by atoms with E-state index in [1.807, 2.05) is 25.1 Å². The standard InChI is InChI=1S/C16H21N3O2/c1-2-17-12-19(11-15(17)20)16(21)14-8-9-18(14)10-13-6-4-3-5-7-13/h3-7,14H,2,8-12H2,1H3. The molecular weight excluding hydrogens is 266 g/mol. The minimum absolute atomic E-state index is 0.0554. The summed E-state index contributed by atoms with van der Waals surface area (Å²) in [6.07, 6.45) is 0.891. The normalized spacial score (nSPS) is 22.5. The first-order valence-electron chi connectivity index (χ1n) is 7.53. The molecule has 0 aromatic heterocycles. The van der Waals surface area contributed by atoms with Gasteiger partial charge in [-0.15, -0.1) is 0 Å². The minimum atomic E-state index is -0.0604. The van der Waals surface area contributed by atoms with Gasteiger partial charge < -0.3 is 9.80 Å². The van der Waals surface area contributed by atoms with E-state index in [4.69, 9.17) is 0 Å². The number of hydrogen-bond donors (Lipinski definition) is 0. The quantitative estimate of drug-likeness (QED) is 0.827. The fraction of sp³-hybridized carbons (Fsp3) is 0.500. The largest absolute Gasteiger partial charge is 0.324 e. The Morgan fingerprint density at radius 3 is 2.62 bits per heavy atom. The van der Waals surface area contributed by atoms with Crippen molar-refractivity contribution in [2.45, 2.75) is 25.9 Å². The molecule has 1 unspecified atom stereocenters. The summed E-state index contributed by atoms with van der Waals surface area (Å²) in [6.45, 7) is 5.05. The number of amides is 2. The maximum absolute atomic E-state index is 12.5. The predicted molar refractivity (Wildman–Crippen MR) is 79.2 cm³/mol. The predicted octanol–water partition coefficient (Wildman–Crippen LogP) is 0.909. The lowest BCUT2D eigenvalue weighted by atomic mass is 10.0. The fourth-order valence-corrected chi connectivity index (χ4v) is 2.96. The van der Waals surface area contributed by atoms with Gasteiger partial charge in [0.25, 0.3) is 0 Å². The van der Waals surface area contributed by atoms with Crippen molar-refractivity contribution in [2.24, 2.45) is 0 Å². The molecule has 21 heavy (non-hydrogen) atoms. The topological polar surface area (TPSA) is 43.9 Å². The highest BCUT2D eigenvalue weighted by molar-refractivity contribution is 5.90. The third-order valence-electron chi connectivity index (χ3n) is 4.36. The second-order valence-electron chi connectivity index (χ2n) is 5.69. The van der Waals surface area contributed by atoms with Crippen molar-refractivity contribution in [1.82, 2.24) is 14.7 Å². The summed E-state index contributed by atoms with van der Waals surface area (Å²) < 4.78 is 0. The Hall–Kier alpha value is -1.88. The highest BCUT2D eigenvalue weighted by atomic mass is 16.2. The molecule has 112 valence electrons. The minimum Gasteiger partial charge on any atom is -0.324 e. The van der Waals surface area contributed by atoms with Crippen LogP contribution in [0.2, 0.25) is 0 Å². The Labute approximate surface area is 125 Å². The third kappa shape index (κ3) is 2.78. The van der Waals surface area contributed by atoms with E-state index in [9.17, 15) is 9.59 Å². The zero-order valence-corrected chi connectivity index (χ0v) is 12.4. The van der Waals surface area contributed by atoms with Crippen LogP contribution in [-0.2, 0) is 16.1 Å². The Morgan fingerprint density at radius 2 is 2.05 bits per heavy atom. The smallest absolute Gasteiger partial charge is 0.243 e. The molecule has 0 saturated carbocycles. The molecule has 1 aromatic carbocycles. The van der Waals surface area contributed by atoms with Gasteiger partial charge in [-0.05, 0) is 18.9 Å². The second kappa shape index (κ2) is 5.85. The maximum atomic E-state index is 12.5. The molecule has 0 spiro atoms. The summed E-state index contributed by atoms with van der Waals surface area (Å²) in [4.78, 5) is 29.9. The first-order valence-corrected chi connectivity index (χ1v) is 7.53. The van der Waals surface area contributed by atoms with Crippen LogP contribution in [0.15, 0.2) is 30.3 Å². The molecule has 2 saturated heterocycles. The van der Waals surface area contributed by atoms with Crippen LogP contribution in [0.3, 0.4) is 0 Å². The van der Waals surface area contributed by atoms with Crippen LogP contribution >= 0.6 is 0 Å². The van der Waals surface area contributed by atoms with Gasteiger partial charge in [0.1, 0.15) is 6.54 Å². The monoisotopic (exact) mass is 287 g/mol. The van der Waals surface area contributed by atoms with E-state index >= 15 is 0 Å². The zero-order valence-electron chi connectivity index (χ0n) is 12.4. The van der Waals surface area contributed by atoms with Crippen LogP contribution in [0.5, 0.6) is 0 Å². The van der Waals surface area contributed by atoms with Gasteiger partial charge in [-0.1, -0.05) is 30.3 Å². The second-order valence-corrected chi connectivity index (χ2v) is 5.69. The molecule has 5 nitrogen and oxygen atoms in total. The maximum Gasteiger partial charge on any atom is 0.243 e. The van der Waals surface area contributed by atoms with E-state index in [0.717, 1.165) is 19.5 Å². The molecule has 0 aliphatic carbocycles. The number of rotatable bonds is 4. The molecule has 2 heterocycles. The van der Waals surface area contributed by atoms with Crippen molar-refractivity contribution in [3.8, 4) is 0 Å². The Balaban J connectivity index is 1.60. The van der Waals surface area contributed by atoms with Crippen molar-refractivity contribution in [3.05, 3.63) is 35.9 Å². The average Bonchev–Trinajstić information content (AvgIpc) is 2.86. The van der Waals surface area contributed by atoms with Crippen LogP contribution in [0, 0.1) is 0 Å². The highest BCUT2D eigenvalue weighted by Gasteiger charge is 2.40. The number of likely N-dealkylation sites (tertiary alicyclic amines) is 1. The van der Waals surface area contributed by atoms with Crippen molar-refractivity contribution >= 4 is 11.8 Å². The van der Waals surface area contributed by atoms with Gasteiger partial charge in [0, 0.05) is 19.6 Å². The van der Waals surface area contributed by atoms with E-state index in [2.05, 4.69) is 17.0 Å². The highest BCUT2D eigenvalue weighted by Crippen LogP contribution is 2.23. The van der Waals surface area contributed by atoms with E-state index < -0.39 is 0 Å². The molecule has 2 aliphatic heterocycles. The summed E-state index contributed by atoms with van der Waals surface area (Å²) in [5.41, 5.74) is 1.22. The van der Waals surface area contributed by atoms with E-state index in [1.54, 1.807) is 9.80 Å². The molecule has 3 rings (SSSR count). The summed E-state index contributed by atoms with van der Waals surface area (Å²) in [5, 5.41) is 0.